The van der Waals surface area contributed by atoms with Crippen molar-refractivity contribution < 1.29 is 28.2 Å². The molecule has 0 saturated carbocycles. The average molecular weight is 423 g/mol. The lowest BCUT2D eigenvalue weighted by molar-refractivity contribution is -0.151. The normalized spacial score (nSPS) is 13.1. The molecule has 1 aliphatic heterocycles. The Morgan fingerprint density at radius 2 is 1.81 bits per heavy atom. The fourth-order valence-corrected chi connectivity index (χ4v) is 3.86. The summed E-state index contributed by atoms with van der Waals surface area (Å²) in [7, 11) is 3.18. The van der Waals surface area contributed by atoms with E-state index in [4.69, 9.17) is 18.6 Å². The number of aryl methyl sites for hydroxylation is 1. The summed E-state index contributed by atoms with van der Waals surface area (Å²) in [6, 6.07) is 9.66. The van der Waals surface area contributed by atoms with E-state index in [-0.39, 0.29) is 18.9 Å². The lowest BCUT2D eigenvalue weighted by Gasteiger charge is -2.29. The molecule has 0 saturated heterocycles. The van der Waals surface area contributed by atoms with E-state index in [9.17, 15) is 9.59 Å². The number of methoxy groups -OCH3 is 2. The number of hydrogen-bond donors (Lipinski definition) is 0. The highest BCUT2D eigenvalue weighted by Gasteiger charge is 2.24. The van der Waals surface area contributed by atoms with Crippen LogP contribution >= 0.6 is 0 Å². The minimum atomic E-state index is -0.458. The topological polar surface area (TPSA) is 78.2 Å². The summed E-state index contributed by atoms with van der Waals surface area (Å²) in [6.07, 6.45) is 2.33. The van der Waals surface area contributed by atoms with Crippen LogP contribution in [0.1, 0.15) is 22.3 Å². The fraction of sp³-hybridized carbons (Fsp3) is 0.333. The van der Waals surface area contributed by atoms with Gasteiger partial charge in [-0.3, -0.25) is 9.59 Å². The van der Waals surface area contributed by atoms with Crippen LogP contribution in [-0.2, 0) is 33.7 Å². The maximum Gasteiger partial charge on any atom is 0.310 e. The maximum absolute atomic E-state index is 12.6. The van der Waals surface area contributed by atoms with E-state index in [2.05, 4.69) is 0 Å². The Kier molecular flexibility index (Phi) is 5.84. The molecule has 7 heteroatoms. The van der Waals surface area contributed by atoms with E-state index < -0.39 is 5.97 Å². The van der Waals surface area contributed by atoms with E-state index in [1.165, 1.54) is 0 Å². The molecule has 0 aliphatic carbocycles. The van der Waals surface area contributed by atoms with Gasteiger partial charge in [0.15, 0.2) is 18.1 Å². The number of nitrogens with zero attached hydrogens (tertiary/aromatic N) is 1. The Balaban J connectivity index is 1.35. The number of ether oxygens (including phenoxy) is 3. The Labute approximate surface area is 180 Å². The van der Waals surface area contributed by atoms with Crippen LogP contribution in [-0.4, -0.2) is 44.1 Å². The lowest BCUT2D eigenvalue weighted by atomic mass is 9.99. The van der Waals surface area contributed by atoms with Crippen LogP contribution in [0.15, 0.2) is 41.0 Å². The Hall–Kier alpha value is -3.48. The third-order valence-electron chi connectivity index (χ3n) is 5.57. The quantitative estimate of drug-likeness (QED) is 0.566. The summed E-state index contributed by atoms with van der Waals surface area (Å²) in [6.45, 7) is 2.70. The summed E-state index contributed by atoms with van der Waals surface area (Å²) < 4.78 is 21.5. The summed E-state index contributed by atoms with van der Waals surface area (Å²) in [5.41, 5.74) is 4.70. The number of hydrogen-bond acceptors (Lipinski definition) is 6. The molecule has 162 valence electrons. The molecular formula is C24H25NO6. The van der Waals surface area contributed by atoms with Gasteiger partial charge < -0.3 is 23.5 Å². The summed E-state index contributed by atoms with van der Waals surface area (Å²) >= 11 is 0. The van der Waals surface area contributed by atoms with Crippen molar-refractivity contribution in [2.24, 2.45) is 0 Å². The predicted molar refractivity (Wildman–Crippen MR) is 114 cm³/mol. The van der Waals surface area contributed by atoms with Gasteiger partial charge in [0.05, 0.1) is 26.9 Å². The molecule has 2 heterocycles. The number of carbonyl (C=O) groups excluding carboxylic acids is 2. The zero-order chi connectivity index (χ0) is 22.0. The molecule has 1 aliphatic rings. The third kappa shape index (κ3) is 4.35. The number of esters is 1. The summed E-state index contributed by atoms with van der Waals surface area (Å²) in [5, 5.41) is 0.880. The highest BCUT2D eigenvalue weighted by Crippen LogP contribution is 2.33. The van der Waals surface area contributed by atoms with Crippen molar-refractivity contribution in [3.05, 3.63) is 58.8 Å². The monoisotopic (exact) mass is 423 g/mol. The molecular weight excluding hydrogens is 398 g/mol. The zero-order valence-electron chi connectivity index (χ0n) is 17.9. The lowest BCUT2D eigenvalue weighted by Crippen LogP contribution is -2.38. The van der Waals surface area contributed by atoms with Crippen molar-refractivity contribution in [1.82, 2.24) is 4.90 Å². The smallest absolute Gasteiger partial charge is 0.310 e. The van der Waals surface area contributed by atoms with Crippen molar-refractivity contribution in [1.29, 1.82) is 0 Å². The number of amides is 1. The van der Waals surface area contributed by atoms with Gasteiger partial charge in [-0.05, 0) is 48.2 Å². The molecule has 4 rings (SSSR count). The van der Waals surface area contributed by atoms with Crippen molar-refractivity contribution in [2.45, 2.75) is 26.3 Å². The second-order valence-electron chi connectivity index (χ2n) is 7.64. The van der Waals surface area contributed by atoms with Crippen LogP contribution in [0.3, 0.4) is 0 Å². The highest BCUT2D eigenvalue weighted by atomic mass is 16.5. The fourth-order valence-electron chi connectivity index (χ4n) is 3.86. The number of rotatable bonds is 6. The van der Waals surface area contributed by atoms with Crippen LogP contribution in [0.2, 0.25) is 0 Å². The van der Waals surface area contributed by atoms with E-state index in [1.807, 2.05) is 37.3 Å². The zero-order valence-corrected chi connectivity index (χ0v) is 17.9. The van der Waals surface area contributed by atoms with E-state index in [0.717, 1.165) is 33.2 Å². The Morgan fingerprint density at radius 3 is 2.55 bits per heavy atom. The molecule has 0 fully saturated rings. The molecule has 0 atom stereocenters. The van der Waals surface area contributed by atoms with Crippen molar-refractivity contribution in [2.75, 3.05) is 27.4 Å². The molecule has 31 heavy (non-hydrogen) atoms. The van der Waals surface area contributed by atoms with Crippen molar-refractivity contribution in [3.63, 3.8) is 0 Å². The second kappa shape index (κ2) is 8.71. The van der Waals surface area contributed by atoms with Crippen LogP contribution in [0, 0.1) is 6.92 Å². The van der Waals surface area contributed by atoms with E-state index in [1.54, 1.807) is 25.4 Å². The van der Waals surface area contributed by atoms with Gasteiger partial charge in [0, 0.05) is 24.0 Å². The van der Waals surface area contributed by atoms with Crippen LogP contribution in [0.4, 0.5) is 0 Å². The SMILES string of the molecule is COc1cc2c(cc1OC)CN(C(=O)COC(=O)Cc1coc3cc(C)ccc13)CC2. The van der Waals surface area contributed by atoms with Gasteiger partial charge in [-0.15, -0.1) is 0 Å². The number of benzene rings is 2. The minimum absolute atomic E-state index is 0.0587. The van der Waals surface area contributed by atoms with Crippen molar-refractivity contribution in [3.8, 4) is 11.5 Å². The van der Waals surface area contributed by atoms with Gasteiger partial charge in [-0.1, -0.05) is 12.1 Å². The van der Waals surface area contributed by atoms with Crippen LogP contribution < -0.4 is 9.47 Å². The molecule has 0 radical (unpaired) electrons. The van der Waals surface area contributed by atoms with E-state index >= 15 is 0 Å². The second-order valence-corrected chi connectivity index (χ2v) is 7.64. The first-order valence-electron chi connectivity index (χ1n) is 10.1. The van der Waals surface area contributed by atoms with Gasteiger partial charge in [-0.25, -0.2) is 0 Å². The molecule has 7 nitrogen and oxygen atoms in total. The maximum atomic E-state index is 12.6. The molecule has 0 unspecified atom stereocenters. The Bertz CT molecular complexity index is 1130. The first-order chi connectivity index (χ1) is 15.0. The molecule has 3 aromatic rings. The number of carbonyl (C=O) groups is 2. The molecule has 0 bridgehead atoms. The first kappa shape index (κ1) is 20.8. The van der Waals surface area contributed by atoms with Crippen LogP contribution in [0.5, 0.6) is 11.5 Å². The molecule has 0 spiro atoms. The standard InChI is InChI=1S/C24H25NO6/c1-15-4-5-19-18(13-30-20(19)8-15)11-24(27)31-14-23(26)25-7-6-16-9-21(28-2)22(29-3)10-17(16)12-25/h4-5,8-10,13H,6-7,11-12,14H2,1-3H3. The molecule has 1 amide bonds. The van der Waals surface area contributed by atoms with Gasteiger partial charge in [0.25, 0.3) is 5.91 Å². The van der Waals surface area contributed by atoms with Gasteiger partial charge in [0.1, 0.15) is 5.58 Å². The molecule has 2 aromatic carbocycles. The largest absolute Gasteiger partial charge is 0.493 e. The third-order valence-corrected chi connectivity index (χ3v) is 5.57. The molecule has 1 aromatic heterocycles. The van der Waals surface area contributed by atoms with Gasteiger partial charge >= 0.3 is 5.97 Å². The number of furan rings is 1. The summed E-state index contributed by atoms with van der Waals surface area (Å²) in [5.74, 6) is 0.628. The van der Waals surface area contributed by atoms with Crippen molar-refractivity contribution >= 4 is 22.8 Å². The summed E-state index contributed by atoms with van der Waals surface area (Å²) in [4.78, 5) is 26.6. The van der Waals surface area contributed by atoms with Gasteiger partial charge in [0.2, 0.25) is 0 Å². The highest BCUT2D eigenvalue weighted by molar-refractivity contribution is 5.87. The molecule has 0 N–H and O–H groups in total. The Morgan fingerprint density at radius 1 is 1.06 bits per heavy atom. The van der Waals surface area contributed by atoms with Crippen LogP contribution in [0.25, 0.3) is 11.0 Å². The average Bonchev–Trinajstić information content (AvgIpc) is 3.17. The van der Waals surface area contributed by atoms with E-state index in [0.29, 0.717) is 31.0 Å². The number of fused-ring (bicyclic) bond motifs is 2. The van der Waals surface area contributed by atoms with Gasteiger partial charge in [-0.2, -0.15) is 0 Å². The minimum Gasteiger partial charge on any atom is -0.493 e. The first-order valence-corrected chi connectivity index (χ1v) is 10.1. The predicted octanol–water partition coefficient (Wildman–Crippen LogP) is 3.43.